The smallest absolute Gasteiger partial charge is 0.341 e. The molecule has 2 aliphatic heterocycles. The maximum absolute atomic E-state index is 13.1. The summed E-state index contributed by atoms with van der Waals surface area (Å²) < 4.78 is 39.1. The first-order valence-electron chi connectivity index (χ1n) is 10.1. The molecule has 2 saturated heterocycles. The summed E-state index contributed by atoms with van der Waals surface area (Å²) in [5.74, 6) is -2.86. The Kier molecular flexibility index (Phi) is 5.15. The van der Waals surface area contributed by atoms with Crippen molar-refractivity contribution in [3.8, 4) is 0 Å². The number of hydrogen-bond acceptors (Lipinski definition) is 3. The quantitative estimate of drug-likeness (QED) is 0.755. The zero-order valence-corrected chi connectivity index (χ0v) is 16.9. The highest BCUT2D eigenvalue weighted by Crippen LogP contribution is 2.34. The van der Waals surface area contributed by atoms with Crippen molar-refractivity contribution in [3.05, 3.63) is 48.0 Å². The van der Waals surface area contributed by atoms with Crippen LogP contribution < -0.4 is 5.32 Å². The number of halogens is 3. The van der Waals surface area contributed by atoms with Crippen LogP contribution in [0.2, 0.25) is 0 Å². The molecule has 164 valence electrons. The van der Waals surface area contributed by atoms with Crippen molar-refractivity contribution in [2.75, 3.05) is 19.6 Å². The molecule has 4 amide bonds. The van der Waals surface area contributed by atoms with Crippen LogP contribution >= 0.6 is 0 Å². The number of benzene rings is 2. The molecule has 2 aromatic rings. The molecule has 6 nitrogen and oxygen atoms in total. The van der Waals surface area contributed by atoms with Gasteiger partial charge in [-0.25, -0.2) is 4.79 Å². The maximum atomic E-state index is 13.1. The number of carbonyl (C=O) groups excluding carboxylic acids is 3. The molecule has 1 N–H and O–H groups in total. The Bertz CT molecular complexity index is 1050. The number of likely N-dealkylation sites (tertiary alicyclic amines) is 1. The van der Waals surface area contributed by atoms with Gasteiger partial charge in [-0.3, -0.25) is 14.5 Å². The predicted molar refractivity (Wildman–Crippen MR) is 107 cm³/mol. The van der Waals surface area contributed by atoms with E-state index in [9.17, 15) is 27.6 Å². The predicted octanol–water partition coefficient (Wildman–Crippen LogP) is 3.41. The van der Waals surface area contributed by atoms with Crippen LogP contribution in [0, 0.1) is 5.92 Å². The van der Waals surface area contributed by atoms with Crippen molar-refractivity contribution in [3.63, 3.8) is 0 Å². The molecule has 2 heterocycles. The van der Waals surface area contributed by atoms with Gasteiger partial charge in [0.15, 0.2) is 0 Å². The molecule has 0 spiro atoms. The fourth-order valence-electron chi connectivity index (χ4n) is 4.24. The number of imide groups is 1. The number of hydrogen-bond donors (Lipinski definition) is 1. The van der Waals surface area contributed by atoms with Crippen LogP contribution in [0.15, 0.2) is 42.5 Å². The Morgan fingerprint density at radius 2 is 1.87 bits per heavy atom. The van der Waals surface area contributed by atoms with E-state index in [4.69, 9.17) is 0 Å². The van der Waals surface area contributed by atoms with Crippen LogP contribution in [0.4, 0.5) is 18.0 Å². The van der Waals surface area contributed by atoms with Crippen LogP contribution in [0.5, 0.6) is 0 Å². The SMILES string of the molecule is C[C@]1(c2ccc3ccccc3c2)NC(=O)N(CC(=O)N2CCC[C@@H](C(F)(F)F)C2)C1=O. The van der Waals surface area contributed by atoms with Gasteiger partial charge >= 0.3 is 12.2 Å². The number of nitrogens with one attached hydrogen (secondary N) is 1. The summed E-state index contributed by atoms with van der Waals surface area (Å²) >= 11 is 0. The molecule has 0 unspecified atom stereocenters. The lowest BCUT2D eigenvalue weighted by Gasteiger charge is -2.34. The first-order valence-corrected chi connectivity index (χ1v) is 10.1. The Labute approximate surface area is 177 Å². The van der Waals surface area contributed by atoms with Crippen molar-refractivity contribution in [1.82, 2.24) is 15.1 Å². The van der Waals surface area contributed by atoms with E-state index in [-0.39, 0.29) is 19.4 Å². The minimum Gasteiger partial charge on any atom is -0.341 e. The average molecular weight is 433 g/mol. The summed E-state index contributed by atoms with van der Waals surface area (Å²) in [4.78, 5) is 40.1. The topological polar surface area (TPSA) is 69.7 Å². The largest absolute Gasteiger partial charge is 0.393 e. The second-order valence-corrected chi connectivity index (χ2v) is 8.23. The maximum Gasteiger partial charge on any atom is 0.393 e. The van der Waals surface area contributed by atoms with E-state index in [0.717, 1.165) is 20.6 Å². The normalized spacial score (nSPS) is 24.6. The minimum atomic E-state index is -4.38. The lowest BCUT2D eigenvalue weighted by atomic mass is 9.90. The summed E-state index contributed by atoms with van der Waals surface area (Å²) in [5.41, 5.74) is -0.799. The number of fused-ring (bicyclic) bond motifs is 1. The number of nitrogens with zero attached hydrogens (tertiary/aromatic N) is 2. The number of rotatable bonds is 3. The lowest BCUT2D eigenvalue weighted by molar-refractivity contribution is -0.188. The van der Waals surface area contributed by atoms with Gasteiger partial charge in [-0.15, -0.1) is 0 Å². The molecule has 0 aromatic heterocycles. The number of piperidine rings is 1. The van der Waals surface area contributed by atoms with Crippen LogP contribution in [0.3, 0.4) is 0 Å². The number of amides is 4. The highest BCUT2D eigenvalue weighted by Gasteiger charge is 2.50. The first-order chi connectivity index (χ1) is 14.6. The van der Waals surface area contributed by atoms with Gasteiger partial charge in [0.2, 0.25) is 5.91 Å². The molecule has 2 aromatic carbocycles. The monoisotopic (exact) mass is 433 g/mol. The number of carbonyl (C=O) groups is 3. The Morgan fingerprint density at radius 1 is 1.16 bits per heavy atom. The van der Waals surface area contributed by atoms with Gasteiger partial charge in [-0.1, -0.05) is 36.4 Å². The van der Waals surface area contributed by atoms with Gasteiger partial charge in [0, 0.05) is 13.1 Å². The molecule has 9 heteroatoms. The van der Waals surface area contributed by atoms with E-state index in [1.54, 1.807) is 19.1 Å². The second kappa shape index (κ2) is 7.55. The van der Waals surface area contributed by atoms with E-state index in [1.807, 2.05) is 30.3 Å². The number of urea groups is 1. The lowest BCUT2D eigenvalue weighted by Crippen LogP contribution is -2.49. The second-order valence-electron chi connectivity index (χ2n) is 8.23. The Balaban J connectivity index is 1.52. The van der Waals surface area contributed by atoms with Gasteiger partial charge in [0.25, 0.3) is 5.91 Å². The van der Waals surface area contributed by atoms with E-state index < -0.39 is 48.6 Å². The van der Waals surface area contributed by atoms with Crippen molar-refractivity contribution in [1.29, 1.82) is 0 Å². The fraction of sp³-hybridized carbons (Fsp3) is 0.409. The molecule has 0 aliphatic carbocycles. The molecule has 2 fully saturated rings. The van der Waals surface area contributed by atoms with Gasteiger partial charge < -0.3 is 10.2 Å². The molecule has 2 atom stereocenters. The van der Waals surface area contributed by atoms with E-state index >= 15 is 0 Å². The van der Waals surface area contributed by atoms with Gasteiger partial charge in [-0.05, 0) is 42.2 Å². The van der Waals surface area contributed by atoms with Crippen LogP contribution in [0.25, 0.3) is 10.8 Å². The zero-order chi connectivity index (χ0) is 22.4. The third-order valence-electron chi connectivity index (χ3n) is 6.13. The number of alkyl halides is 3. The molecule has 0 saturated carbocycles. The third kappa shape index (κ3) is 3.84. The Hall–Kier alpha value is -3.10. The highest BCUT2D eigenvalue weighted by atomic mass is 19.4. The van der Waals surface area contributed by atoms with Gasteiger partial charge in [-0.2, -0.15) is 13.2 Å². The van der Waals surface area contributed by atoms with Crippen LogP contribution in [-0.4, -0.2) is 53.5 Å². The molecule has 2 aliphatic rings. The molecular weight excluding hydrogens is 411 g/mol. The van der Waals surface area contributed by atoms with Gasteiger partial charge in [0.05, 0.1) is 5.92 Å². The molecule has 4 rings (SSSR count). The summed E-state index contributed by atoms with van der Waals surface area (Å²) in [6.45, 7) is 0.700. The van der Waals surface area contributed by atoms with Crippen LogP contribution in [-0.2, 0) is 15.1 Å². The summed E-state index contributed by atoms with van der Waals surface area (Å²) in [5, 5.41) is 4.51. The van der Waals surface area contributed by atoms with Crippen molar-refractivity contribution in [2.45, 2.75) is 31.5 Å². The van der Waals surface area contributed by atoms with E-state index in [1.165, 1.54) is 0 Å². The highest BCUT2D eigenvalue weighted by molar-refractivity contribution is 6.09. The zero-order valence-electron chi connectivity index (χ0n) is 16.9. The van der Waals surface area contributed by atoms with Crippen molar-refractivity contribution in [2.24, 2.45) is 5.92 Å². The summed E-state index contributed by atoms with van der Waals surface area (Å²) in [6.07, 6.45) is -4.18. The average Bonchev–Trinajstić information content (AvgIpc) is 2.96. The van der Waals surface area contributed by atoms with Crippen LogP contribution in [0.1, 0.15) is 25.3 Å². The summed E-state index contributed by atoms with van der Waals surface area (Å²) in [6, 6.07) is 12.2. The summed E-state index contributed by atoms with van der Waals surface area (Å²) in [7, 11) is 0. The molecule has 0 radical (unpaired) electrons. The third-order valence-corrected chi connectivity index (χ3v) is 6.13. The minimum absolute atomic E-state index is 0.0313. The first kappa shape index (κ1) is 21.1. The standard InChI is InChI=1S/C22H22F3N3O3/c1-21(16-9-8-14-5-2-3-6-15(14)11-16)19(30)28(20(31)26-21)13-18(29)27-10-4-7-17(12-27)22(23,24)25/h2-3,5-6,8-9,11,17H,4,7,10,12-13H2,1H3,(H,26,31)/t17-,21-/m1/s1. The van der Waals surface area contributed by atoms with E-state index in [0.29, 0.717) is 5.56 Å². The Morgan fingerprint density at radius 3 is 2.58 bits per heavy atom. The fourth-order valence-corrected chi connectivity index (χ4v) is 4.24. The molecule has 0 bridgehead atoms. The van der Waals surface area contributed by atoms with Crippen molar-refractivity contribution >= 4 is 28.6 Å². The van der Waals surface area contributed by atoms with Gasteiger partial charge in [0.1, 0.15) is 12.1 Å². The van der Waals surface area contributed by atoms with E-state index in [2.05, 4.69) is 5.32 Å². The van der Waals surface area contributed by atoms with Crippen molar-refractivity contribution < 1.29 is 27.6 Å². The molecule has 31 heavy (non-hydrogen) atoms. The molecular formula is C22H22F3N3O3.